The largest absolute Gasteiger partial charge is 0.387 e. The Morgan fingerprint density at radius 2 is 1.04 bits per heavy atom. The van der Waals surface area contributed by atoms with Crippen LogP contribution in [0.5, 0.6) is 0 Å². The molecule has 0 radical (unpaired) electrons. The number of hydrogen-bond acceptors (Lipinski definition) is 5. The van der Waals surface area contributed by atoms with Crippen molar-refractivity contribution in [3.05, 3.63) is 24.3 Å². The summed E-state index contributed by atoms with van der Waals surface area (Å²) in [5.74, 6) is -1.35. The van der Waals surface area contributed by atoms with E-state index in [1.54, 1.807) is 6.08 Å². The fraction of sp³-hybridized carbons (Fsp3) is 0.825. The zero-order valence-corrected chi connectivity index (χ0v) is 31.2. The van der Waals surface area contributed by atoms with Gasteiger partial charge in [-0.15, -0.1) is 0 Å². The number of unbranched alkanes of at least 4 members (excludes halogenated alkanes) is 22. The summed E-state index contributed by atoms with van der Waals surface area (Å²) >= 11 is 0. The van der Waals surface area contributed by atoms with Crippen LogP contribution in [-0.2, 0) is 14.4 Å². The highest BCUT2D eigenvalue weighted by atomic mass is 16.3. The highest BCUT2D eigenvalue weighted by Crippen LogP contribution is 2.13. The Hall–Kier alpha value is -2.19. The van der Waals surface area contributed by atoms with Gasteiger partial charge >= 0.3 is 0 Å². The summed E-state index contributed by atoms with van der Waals surface area (Å²) in [6.45, 7) is 4.51. The maximum atomic E-state index is 12.8. The zero-order chi connectivity index (χ0) is 35.5. The van der Waals surface area contributed by atoms with Crippen molar-refractivity contribution < 1.29 is 19.5 Å². The summed E-state index contributed by atoms with van der Waals surface area (Å²) in [5, 5.41) is 16.4. The zero-order valence-electron chi connectivity index (χ0n) is 31.2. The Labute approximate surface area is 295 Å². The fourth-order valence-electron chi connectivity index (χ4n) is 5.84. The molecule has 8 heteroatoms. The van der Waals surface area contributed by atoms with Crippen molar-refractivity contribution in [3.63, 3.8) is 0 Å². The van der Waals surface area contributed by atoms with E-state index in [1.807, 2.05) is 6.08 Å². The number of hydrogen-bond donors (Lipinski definition) is 5. The number of allylic oxidation sites excluding steroid dienone is 3. The Balaban J connectivity index is 4.38. The first kappa shape index (κ1) is 45.8. The van der Waals surface area contributed by atoms with Gasteiger partial charge in [0, 0.05) is 13.0 Å². The van der Waals surface area contributed by atoms with E-state index in [1.165, 1.54) is 116 Å². The minimum atomic E-state index is -1.07. The van der Waals surface area contributed by atoms with Gasteiger partial charge in [-0.25, -0.2) is 0 Å². The lowest BCUT2D eigenvalue weighted by molar-refractivity contribution is -0.127. The van der Waals surface area contributed by atoms with Crippen molar-refractivity contribution in [3.8, 4) is 0 Å². The number of primary amides is 1. The number of nitrogens with one attached hydrogen (secondary N) is 2. The second-order valence-corrected chi connectivity index (χ2v) is 13.8. The molecule has 0 spiro atoms. The Bertz CT molecular complexity index is 832. The molecule has 0 heterocycles. The van der Waals surface area contributed by atoms with Crippen LogP contribution in [-0.4, -0.2) is 47.6 Å². The van der Waals surface area contributed by atoms with Gasteiger partial charge in [0.1, 0.15) is 0 Å². The van der Waals surface area contributed by atoms with Crippen LogP contribution in [0.25, 0.3) is 0 Å². The summed E-state index contributed by atoms with van der Waals surface area (Å²) in [6.07, 6.45) is 38.0. The summed E-state index contributed by atoms with van der Waals surface area (Å²) in [4.78, 5) is 36.2. The van der Waals surface area contributed by atoms with Crippen LogP contribution in [0.4, 0.5) is 0 Å². The number of amides is 3. The quantitative estimate of drug-likeness (QED) is 0.0338. The van der Waals surface area contributed by atoms with Crippen LogP contribution in [0, 0.1) is 0 Å². The average molecular weight is 677 g/mol. The van der Waals surface area contributed by atoms with Crippen molar-refractivity contribution in [1.82, 2.24) is 10.6 Å². The normalized spacial score (nSPS) is 13.6. The van der Waals surface area contributed by atoms with Crippen LogP contribution in [0.2, 0.25) is 0 Å². The lowest BCUT2D eigenvalue weighted by atomic mass is 10.0. The number of carbonyl (C=O) groups is 3. The number of aliphatic hydroxyl groups excluding tert-OH is 1. The molecular formula is C40H76N4O4. The molecule has 0 aromatic carbocycles. The summed E-state index contributed by atoms with van der Waals surface area (Å²) in [5.41, 5.74) is 10.9. The number of aliphatic hydroxyl groups is 1. The van der Waals surface area contributed by atoms with Gasteiger partial charge in [-0.2, -0.15) is 0 Å². The molecule has 0 saturated carbocycles. The van der Waals surface area contributed by atoms with Gasteiger partial charge in [0.05, 0.1) is 24.6 Å². The van der Waals surface area contributed by atoms with E-state index in [-0.39, 0.29) is 18.9 Å². The average Bonchev–Trinajstić information content (AvgIpc) is 3.06. The van der Waals surface area contributed by atoms with Crippen LogP contribution in [0.3, 0.4) is 0 Å². The minimum Gasteiger partial charge on any atom is -0.387 e. The third-order valence-corrected chi connectivity index (χ3v) is 8.99. The molecule has 0 aliphatic rings. The van der Waals surface area contributed by atoms with Gasteiger partial charge in [-0.05, 0) is 44.9 Å². The molecule has 0 rings (SSSR count). The monoisotopic (exact) mass is 677 g/mol. The second-order valence-electron chi connectivity index (χ2n) is 13.8. The molecule has 3 atom stereocenters. The third kappa shape index (κ3) is 31.1. The predicted molar refractivity (Wildman–Crippen MR) is 202 cm³/mol. The van der Waals surface area contributed by atoms with Gasteiger partial charge < -0.3 is 27.2 Å². The predicted octanol–water partition coefficient (Wildman–Crippen LogP) is 8.45. The topological polar surface area (TPSA) is 148 Å². The standard InChI is InChI=1S/C40H76N4O4/c1-3-5-7-9-11-13-15-17-18-20-22-24-26-28-30-32-39(47)44-36(34-43-40(48)35(41)33-38(42)46)37(45)31-29-27-25-23-21-19-16-14-12-10-8-6-4-2/h17-18,29,31,35-37,45H,3-16,19-28,30,32-34,41H2,1-2H3,(H2,42,46)(H,43,48)(H,44,47)/b18-17-,31-29+/t35?,36-,37+/m0/s1. The van der Waals surface area contributed by atoms with Gasteiger partial charge in [0.2, 0.25) is 17.7 Å². The Morgan fingerprint density at radius 3 is 1.50 bits per heavy atom. The van der Waals surface area contributed by atoms with E-state index in [9.17, 15) is 19.5 Å². The van der Waals surface area contributed by atoms with Crippen molar-refractivity contribution in [2.24, 2.45) is 11.5 Å². The molecule has 0 bridgehead atoms. The maximum Gasteiger partial charge on any atom is 0.237 e. The van der Waals surface area contributed by atoms with E-state index in [4.69, 9.17) is 11.5 Å². The molecule has 0 saturated heterocycles. The molecule has 0 aliphatic carbocycles. The Morgan fingerprint density at radius 1 is 0.625 bits per heavy atom. The molecule has 7 N–H and O–H groups in total. The van der Waals surface area contributed by atoms with Crippen LogP contribution in [0.1, 0.15) is 187 Å². The van der Waals surface area contributed by atoms with Crippen molar-refractivity contribution in [2.75, 3.05) is 6.54 Å². The molecule has 280 valence electrons. The summed E-state index contributed by atoms with van der Waals surface area (Å²) < 4.78 is 0. The first-order valence-corrected chi connectivity index (χ1v) is 19.9. The van der Waals surface area contributed by atoms with Gasteiger partial charge in [0.25, 0.3) is 0 Å². The molecule has 48 heavy (non-hydrogen) atoms. The van der Waals surface area contributed by atoms with E-state index < -0.39 is 30.0 Å². The summed E-state index contributed by atoms with van der Waals surface area (Å²) in [6, 6.07) is -1.76. The van der Waals surface area contributed by atoms with Gasteiger partial charge in [-0.1, -0.05) is 154 Å². The van der Waals surface area contributed by atoms with E-state index in [2.05, 4.69) is 36.6 Å². The first-order chi connectivity index (χ1) is 23.3. The number of nitrogens with two attached hydrogens (primary N) is 2. The molecule has 0 aromatic rings. The molecular weight excluding hydrogens is 600 g/mol. The van der Waals surface area contributed by atoms with Crippen LogP contribution >= 0.6 is 0 Å². The third-order valence-electron chi connectivity index (χ3n) is 8.99. The van der Waals surface area contributed by atoms with Gasteiger partial charge in [0.15, 0.2) is 0 Å². The molecule has 8 nitrogen and oxygen atoms in total. The fourth-order valence-corrected chi connectivity index (χ4v) is 5.84. The van der Waals surface area contributed by atoms with E-state index in [0.717, 1.165) is 44.9 Å². The van der Waals surface area contributed by atoms with Crippen LogP contribution in [0.15, 0.2) is 24.3 Å². The van der Waals surface area contributed by atoms with Gasteiger partial charge in [-0.3, -0.25) is 14.4 Å². The maximum absolute atomic E-state index is 12.8. The van der Waals surface area contributed by atoms with E-state index >= 15 is 0 Å². The molecule has 3 amide bonds. The molecule has 1 unspecified atom stereocenters. The van der Waals surface area contributed by atoms with Crippen molar-refractivity contribution in [2.45, 2.75) is 205 Å². The molecule has 0 fully saturated rings. The van der Waals surface area contributed by atoms with Crippen LogP contribution < -0.4 is 22.1 Å². The van der Waals surface area contributed by atoms with E-state index in [0.29, 0.717) is 6.42 Å². The molecule has 0 aromatic heterocycles. The SMILES string of the molecule is CCCCCCCC/C=C\CCCCCCCC(=O)N[C@@H](CNC(=O)C(N)CC(N)=O)[C@H](O)/C=C/CCCCCCCCCCCCC. The van der Waals surface area contributed by atoms with Crippen molar-refractivity contribution in [1.29, 1.82) is 0 Å². The second kappa shape index (κ2) is 34.7. The first-order valence-electron chi connectivity index (χ1n) is 19.9. The highest BCUT2D eigenvalue weighted by molar-refractivity contribution is 5.87. The number of carbonyl (C=O) groups excluding carboxylic acids is 3. The number of rotatable bonds is 35. The van der Waals surface area contributed by atoms with Crippen molar-refractivity contribution >= 4 is 17.7 Å². The lowest BCUT2D eigenvalue weighted by Crippen LogP contribution is -2.52. The highest BCUT2D eigenvalue weighted by Gasteiger charge is 2.22. The minimum absolute atomic E-state index is 0.00730. The lowest BCUT2D eigenvalue weighted by Gasteiger charge is -2.23. The Kier molecular flexibility index (Phi) is 33.1. The summed E-state index contributed by atoms with van der Waals surface area (Å²) in [7, 11) is 0. The molecule has 0 aliphatic heterocycles. The smallest absolute Gasteiger partial charge is 0.237 e.